The first-order chi connectivity index (χ1) is 13.5. The maximum absolute atomic E-state index is 13.4. The van der Waals surface area contributed by atoms with Crippen molar-refractivity contribution >= 4 is 45.2 Å². The van der Waals surface area contributed by atoms with Gasteiger partial charge in [0.05, 0.1) is 16.1 Å². The number of pyridine rings is 1. The SMILES string of the molecule is Cc1ccc(S(=O)(=O)n2c(Cl)c(B3OC(C)(C)C(C)(C)O3)c3cccnc32)cc1. The van der Waals surface area contributed by atoms with Crippen molar-refractivity contribution < 1.29 is 17.7 Å². The third kappa shape index (κ3) is 3.09. The molecule has 2 aromatic heterocycles. The van der Waals surface area contributed by atoms with Crippen molar-refractivity contribution in [3.05, 3.63) is 53.3 Å². The second-order valence-corrected chi connectivity index (χ2v) is 10.4. The molecule has 0 atom stereocenters. The van der Waals surface area contributed by atoms with E-state index in [2.05, 4.69) is 4.98 Å². The second-order valence-electron chi connectivity index (χ2n) is 8.25. The van der Waals surface area contributed by atoms with E-state index in [1.807, 2.05) is 34.6 Å². The molecule has 1 fully saturated rings. The van der Waals surface area contributed by atoms with Gasteiger partial charge in [-0.3, -0.25) is 0 Å². The summed E-state index contributed by atoms with van der Waals surface area (Å²) in [4.78, 5) is 4.44. The van der Waals surface area contributed by atoms with Gasteiger partial charge >= 0.3 is 7.12 Å². The summed E-state index contributed by atoms with van der Waals surface area (Å²) in [5.41, 5.74) is 0.483. The van der Waals surface area contributed by atoms with Crippen LogP contribution in [0.4, 0.5) is 0 Å². The molecule has 6 nitrogen and oxygen atoms in total. The van der Waals surface area contributed by atoms with E-state index in [1.165, 1.54) is 6.20 Å². The summed E-state index contributed by atoms with van der Waals surface area (Å²) in [7, 11) is -4.78. The highest BCUT2D eigenvalue weighted by Crippen LogP contribution is 2.38. The number of fused-ring (bicyclic) bond motifs is 1. The van der Waals surface area contributed by atoms with Crippen molar-refractivity contribution in [1.29, 1.82) is 0 Å². The van der Waals surface area contributed by atoms with Crippen LogP contribution in [0, 0.1) is 6.92 Å². The number of benzene rings is 1. The van der Waals surface area contributed by atoms with E-state index in [1.54, 1.807) is 36.4 Å². The number of aryl methyl sites for hydroxylation is 1. The van der Waals surface area contributed by atoms with Crippen LogP contribution in [0.5, 0.6) is 0 Å². The van der Waals surface area contributed by atoms with Crippen LogP contribution in [-0.2, 0) is 19.3 Å². The lowest BCUT2D eigenvalue weighted by Crippen LogP contribution is -2.41. The molecule has 29 heavy (non-hydrogen) atoms. The topological polar surface area (TPSA) is 70.4 Å². The van der Waals surface area contributed by atoms with Gasteiger partial charge in [-0.15, -0.1) is 0 Å². The van der Waals surface area contributed by atoms with E-state index in [0.717, 1.165) is 9.54 Å². The van der Waals surface area contributed by atoms with Crippen LogP contribution in [0.25, 0.3) is 11.0 Å². The van der Waals surface area contributed by atoms with Crippen LogP contribution in [0.3, 0.4) is 0 Å². The first kappa shape index (κ1) is 20.4. The Morgan fingerprint density at radius 2 is 1.62 bits per heavy atom. The summed E-state index contributed by atoms with van der Waals surface area (Å²) in [6.45, 7) is 9.62. The number of hydrogen-bond acceptors (Lipinski definition) is 5. The van der Waals surface area contributed by atoms with Crippen LogP contribution in [0.1, 0.15) is 33.3 Å². The van der Waals surface area contributed by atoms with Crippen molar-refractivity contribution in [2.75, 3.05) is 0 Å². The molecule has 0 unspecified atom stereocenters. The predicted octanol–water partition coefficient (Wildman–Crippen LogP) is 3.53. The number of rotatable bonds is 3. The highest BCUT2D eigenvalue weighted by molar-refractivity contribution is 7.90. The molecule has 3 aromatic rings. The predicted molar refractivity (Wildman–Crippen MR) is 114 cm³/mol. The van der Waals surface area contributed by atoms with Gasteiger partial charge in [0.15, 0.2) is 5.65 Å². The lowest BCUT2D eigenvalue weighted by atomic mass is 9.79. The highest BCUT2D eigenvalue weighted by atomic mass is 35.5. The first-order valence-electron chi connectivity index (χ1n) is 9.28. The summed E-state index contributed by atoms with van der Waals surface area (Å²) in [5, 5.41) is 0.587. The maximum Gasteiger partial charge on any atom is 0.498 e. The fraction of sp³-hybridized carbons (Fsp3) is 0.350. The molecular formula is C20H22BClN2O4S. The lowest BCUT2D eigenvalue weighted by Gasteiger charge is -2.32. The number of aromatic nitrogens is 2. The summed E-state index contributed by atoms with van der Waals surface area (Å²) < 4.78 is 40.2. The third-order valence-electron chi connectivity index (χ3n) is 5.72. The van der Waals surface area contributed by atoms with Gasteiger partial charge in [-0.05, 0) is 58.9 Å². The average Bonchev–Trinajstić information content (AvgIpc) is 3.04. The van der Waals surface area contributed by atoms with Crippen molar-refractivity contribution in [1.82, 2.24) is 8.96 Å². The Bertz CT molecular complexity index is 1190. The summed E-state index contributed by atoms with van der Waals surface area (Å²) in [5.74, 6) is 0. The number of hydrogen-bond donors (Lipinski definition) is 0. The number of nitrogens with zero attached hydrogens (tertiary/aromatic N) is 2. The highest BCUT2D eigenvalue weighted by Gasteiger charge is 2.53. The Morgan fingerprint density at radius 1 is 1.03 bits per heavy atom. The largest absolute Gasteiger partial charge is 0.498 e. The van der Waals surface area contributed by atoms with Gasteiger partial charge in [-0.25, -0.2) is 17.4 Å². The molecule has 0 aliphatic carbocycles. The van der Waals surface area contributed by atoms with Crippen molar-refractivity contribution in [2.45, 2.75) is 50.7 Å². The van der Waals surface area contributed by atoms with Crippen LogP contribution in [-0.4, -0.2) is 35.7 Å². The monoisotopic (exact) mass is 432 g/mol. The standard InChI is InChI=1S/C20H22BClN2O4S/c1-13-8-10-14(11-9-13)29(25,26)24-17(22)16(15-7-6-12-23-18(15)24)21-27-19(2,3)20(4,5)28-21/h6-12H,1-5H3. The van der Waals surface area contributed by atoms with E-state index in [4.69, 9.17) is 20.9 Å². The molecule has 1 aliphatic rings. The molecule has 0 radical (unpaired) electrons. The van der Waals surface area contributed by atoms with Crippen molar-refractivity contribution in [2.24, 2.45) is 0 Å². The molecule has 152 valence electrons. The van der Waals surface area contributed by atoms with Gasteiger partial charge in [0, 0.05) is 17.0 Å². The Balaban J connectivity index is 1.95. The van der Waals surface area contributed by atoms with E-state index in [0.29, 0.717) is 10.8 Å². The molecule has 0 N–H and O–H groups in total. The third-order valence-corrected chi connectivity index (χ3v) is 7.89. The zero-order chi connectivity index (χ0) is 21.2. The fourth-order valence-corrected chi connectivity index (χ4v) is 5.22. The quantitative estimate of drug-likeness (QED) is 0.592. The van der Waals surface area contributed by atoms with E-state index < -0.39 is 28.3 Å². The molecule has 4 rings (SSSR count). The molecule has 1 aromatic carbocycles. The minimum absolute atomic E-state index is 0.0118. The molecule has 0 spiro atoms. The molecule has 1 saturated heterocycles. The van der Waals surface area contributed by atoms with E-state index in [-0.39, 0.29) is 15.7 Å². The average molecular weight is 433 g/mol. The summed E-state index contributed by atoms with van der Waals surface area (Å²) >= 11 is 6.67. The van der Waals surface area contributed by atoms with Gasteiger partial charge in [0.2, 0.25) is 0 Å². The van der Waals surface area contributed by atoms with Gasteiger partial charge in [0.25, 0.3) is 10.0 Å². The second kappa shape index (κ2) is 6.57. The van der Waals surface area contributed by atoms with Crippen LogP contribution < -0.4 is 5.46 Å². The minimum atomic E-state index is -3.97. The van der Waals surface area contributed by atoms with Crippen LogP contribution in [0.15, 0.2) is 47.5 Å². The lowest BCUT2D eigenvalue weighted by molar-refractivity contribution is 0.00578. The molecule has 3 heterocycles. The Morgan fingerprint density at radius 3 is 2.21 bits per heavy atom. The zero-order valence-electron chi connectivity index (χ0n) is 16.9. The van der Waals surface area contributed by atoms with Gasteiger partial charge in [0.1, 0.15) is 5.15 Å². The van der Waals surface area contributed by atoms with E-state index in [9.17, 15) is 8.42 Å². The summed E-state index contributed by atoms with van der Waals surface area (Å²) in [6, 6.07) is 10.1. The van der Waals surface area contributed by atoms with Gasteiger partial charge < -0.3 is 9.31 Å². The molecule has 1 aliphatic heterocycles. The smallest absolute Gasteiger partial charge is 0.399 e. The first-order valence-corrected chi connectivity index (χ1v) is 11.1. The van der Waals surface area contributed by atoms with Crippen LogP contribution >= 0.6 is 11.6 Å². The van der Waals surface area contributed by atoms with Gasteiger partial charge in [-0.2, -0.15) is 0 Å². The maximum atomic E-state index is 13.4. The fourth-order valence-electron chi connectivity index (χ4n) is 3.30. The molecule has 0 amide bonds. The normalized spacial score (nSPS) is 18.5. The molecule has 0 bridgehead atoms. The Hall–Kier alpha value is -1.87. The molecule has 9 heteroatoms. The number of halogens is 1. The zero-order valence-corrected chi connectivity index (χ0v) is 18.5. The Labute approximate surface area is 176 Å². The van der Waals surface area contributed by atoms with Crippen LogP contribution in [0.2, 0.25) is 5.15 Å². The minimum Gasteiger partial charge on any atom is -0.399 e. The van der Waals surface area contributed by atoms with E-state index >= 15 is 0 Å². The van der Waals surface area contributed by atoms with Gasteiger partial charge in [-0.1, -0.05) is 29.3 Å². The molecular weight excluding hydrogens is 411 g/mol. The molecule has 0 saturated carbocycles. The Kier molecular flexibility index (Phi) is 4.62. The summed E-state index contributed by atoms with van der Waals surface area (Å²) in [6.07, 6.45) is 1.54. The van der Waals surface area contributed by atoms with Crippen molar-refractivity contribution in [3.8, 4) is 0 Å². The van der Waals surface area contributed by atoms with Crippen molar-refractivity contribution in [3.63, 3.8) is 0 Å².